The lowest BCUT2D eigenvalue weighted by atomic mass is 10.1. The van der Waals surface area contributed by atoms with Crippen LogP contribution in [-0.4, -0.2) is 35.2 Å². The van der Waals surface area contributed by atoms with Crippen molar-refractivity contribution < 1.29 is 14.5 Å². The van der Waals surface area contributed by atoms with Gasteiger partial charge in [-0.05, 0) is 38.5 Å². The fourth-order valence-electron chi connectivity index (χ4n) is 1.95. The van der Waals surface area contributed by atoms with Gasteiger partial charge >= 0.3 is 0 Å². The van der Waals surface area contributed by atoms with E-state index in [2.05, 4.69) is 26.2 Å². The summed E-state index contributed by atoms with van der Waals surface area (Å²) in [6, 6.07) is 7.04. The first-order valence-electron chi connectivity index (χ1n) is 6.49. The monoisotopic (exact) mass is 251 g/mol. The van der Waals surface area contributed by atoms with Crippen molar-refractivity contribution in [1.82, 2.24) is 5.43 Å². The Balaban J connectivity index is 2.80. The summed E-state index contributed by atoms with van der Waals surface area (Å²) in [5.74, 6) is -0.0648. The summed E-state index contributed by atoms with van der Waals surface area (Å²) >= 11 is 0. The van der Waals surface area contributed by atoms with Crippen LogP contribution in [0.15, 0.2) is 24.3 Å². The first-order chi connectivity index (χ1) is 8.60. The van der Waals surface area contributed by atoms with Crippen LogP contribution in [-0.2, 0) is 6.61 Å². The summed E-state index contributed by atoms with van der Waals surface area (Å²) in [7, 11) is 0. The number of amides is 1. The molecule has 1 amide bonds. The third-order valence-corrected chi connectivity index (χ3v) is 3.55. The number of benzene rings is 1. The summed E-state index contributed by atoms with van der Waals surface area (Å²) in [4.78, 5) is 12.1. The van der Waals surface area contributed by atoms with Crippen molar-refractivity contribution in [2.24, 2.45) is 0 Å². The van der Waals surface area contributed by atoms with Crippen LogP contribution in [0.4, 0.5) is 0 Å². The molecule has 0 aliphatic rings. The molecule has 4 nitrogen and oxygen atoms in total. The number of hydrogen-bond donors (Lipinski definition) is 2. The fraction of sp³-hybridized carbons (Fsp3) is 0.500. The number of carbonyl (C=O) groups excluding carboxylic acids is 1. The van der Waals surface area contributed by atoms with Crippen LogP contribution in [0.25, 0.3) is 0 Å². The minimum absolute atomic E-state index is 0.000773. The molecule has 0 saturated heterocycles. The zero-order valence-electron chi connectivity index (χ0n) is 11.4. The largest absolute Gasteiger partial charge is 0.392 e. The molecule has 0 aliphatic carbocycles. The number of rotatable bonds is 6. The smallest absolute Gasteiger partial charge is 0.295 e. The van der Waals surface area contributed by atoms with Crippen molar-refractivity contribution in [3.8, 4) is 0 Å². The highest BCUT2D eigenvalue weighted by Gasteiger charge is 2.24. The molecule has 2 N–H and O–H groups in total. The number of hydrogen-bond acceptors (Lipinski definition) is 2. The Morgan fingerprint density at radius 2 is 1.61 bits per heavy atom. The molecule has 0 fully saturated rings. The molecule has 100 valence electrons. The lowest BCUT2D eigenvalue weighted by molar-refractivity contribution is -0.956. The zero-order valence-corrected chi connectivity index (χ0v) is 11.4. The van der Waals surface area contributed by atoms with Crippen LogP contribution in [0.1, 0.15) is 36.7 Å². The minimum Gasteiger partial charge on any atom is -0.392 e. The van der Waals surface area contributed by atoms with Crippen molar-refractivity contribution in [3.05, 3.63) is 35.4 Å². The third kappa shape index (κ3) is 3.31. The highest BCUT2D eigenvalue weighted by atomic mass is 16.3. The summed E-state index contributed by atoms with van der Waals surface area (Å²) in [5.41, 5.74) is 4.51. The molecule has 1 rings (SSSR count). The highest BCUT2D eigenvalue weighted by molar-refractivity contribution is 5.93. The van der Waals surface area contributed by atoms with Gasteiger partial charge in [-0.15, -0.1) is 0 Å². The second-order valence-corrected chi connectivity index (χ2v) is 4.39. The molecule has 0 aliphatic heterocycles. The van der Waals surface area contributed by atoms with Crippen LogP contribution in [0, 0.1) is 0 Å². The average Bonchev–Trinajstić information content (AvgIpc) is 2.45. The molecular formula is C14H23N2O2+. The van der Waals surface area contributed by atoms with E-state index in [4.69, 9.17) is 5.11 Å². The SMILES string of the molecule is CC[N+](CC)(CC)NC(=O)c1ccc(CO)cc1. The van der Waals surface area contributed by atoms with E-state index in [9.17, 15) is 4.79 Å². The van der Waals surface area contributed by atoms with Crippen LogP contribution in [0.3, 0.4) is 0 Å². The second-order valence-electron chi connectivity index (χ2n) is 4.39. The van der Waals surface area contributed by atoms with Gasteiger partial charge in [-0.2, -0.15) is 5.43 Å². The predicted octanol–water partition coefficient (Wildman–Crippen LogP) is 1.70. The van der Waals surface area contributed by atoms with Crippen molar-refractivity contribution in [2.45, 2.75) is 27.4 Å². The maximum Gasteiger partial charge on any atom is 0.295 e. The lowest BCUT2D eigenvalue weighted by Crippen LogP contribution is -2.59. The molecule has 0 radical (unpaired) electrons. The Bertz CT molecular complexity index is 375. The van der Waals surface area contributed by atoms with E-state index in [1.54, 1.807) is 24.3 Å². The minimum atomic E-state index is -0.0648. The molecule has 0 aromatic heterocycles. The van der Waals surface area contributed by atoms with E-state index in [0.717, 1.165) is 25.2 Å². The molecular weight excluding hydrogens is 228 g/mol. The summed E-state index contributed by atoms with van der Waals surface area (Å²) in [5, 5.41) is 8.96. The van der Waals surface area contributed by atoms with Gasteiger partial charge in [0.25, 0.3) is 5.91 Å². The zero-order chi connectivity index (χ0) is 13.6. The van der Waals surface area contributed by atoms with Crippen LogP contribution in [0.5, 0.6) is 0 Å². The van der Waals surface area contributed by atoms with E-state index in [-0.39, 0.29) is 12.5 Å². The first kappa shape index (κ1) is 14.7. The van der Waals surface area contributed by atoms with E-state index in [1.165, 1.54) is 0 Å². The molecule has 0 unspecified atom stereocenters. The molecule has 0 spiro atoms. The van der Waals surface area contributed by atoms with Crippen molar-refractivity contribution in [1.29, 1.82) is 0 Å². The number of nitrogens with one attached hydrogen (secondary N) is 1. The molecule has 0 heterocycles. The standard InChI is InChI=1S/C14H22N2O2/c1-4-16(5-2,6-3)15-14(18)13-9-7-12(11-17)8-10-13/h7-10,17H,4-6,11H2,1-3H3/p+1. The predicted molar refractivity (Wildman–Crippen MR) is 71.7 cm³/mol. The summed E-state index contributed by atoms with van der Waals surface area (Å²) in [6.45, 7) is 8.82. The Labute approximate surface area is 109 Å². The summed E-state index contributed by atoms with van der Waals surface area (Å²) in [6.07, 6.45) is 0. The quantitative estimate of drug-likeness (QED) is 0.597. The molecule has 18 heavy (non-hydrogen) atoms. The van der Waals surface area contributed by atoms with Crippen molar-refractivity contribution in [3.63, 3.8) is 0 Å². The van der Waals surface area contributed by atoms with Gasteiger partial charge in [-0.3, -0.25) is 4.79 Å². The van der Waals surface area contributed by atoms with Crippen molar-refractivity contribution in [2.75, 3.05) is 19.6 Å². The maximum atomic E-state index is 12.1. The normalized spacial score (nSPS) is 11.3. The van der Waals surface area contributed by atoms with Gasteiger partial charge in [0.2, 0.25) is 0 Å². The lowest BCUT2D eigenvalue weighted by Gasteiger charge is -2.34. The maximum absolute atomic E-state index is 12.1. The molecule has 0 saturated carbocycles. The Morgan fingerprint density at radius 1 is 1.11 bits per heavy atom. The van der Waals surface area contributed by atoms with E-state index < -0.39 is 0 Å². The van der Waals surface area contributed by atoms with Gasteiger partial charge in [0.15, 0.2) is 0 Å². The number of aliphatic hydroxyl groups excluding tert-OH is 1. The molecule has 4 heteroatoms. The Hall–Kier alpha value is -1.39. The van der Waals surface area contributed by atoms with Crippen LogP contribution < -0.4 is 5.43 Å². The van der Waals surface area contributed by atoms with Gasteiger partial charge < -0.3 is 5.11 Å². The van der Waals surface area contributed by atoms with Gasteiger partial charge in [-0.1, -0.05) is 12.1 Å². The molecule has 1 aromatic carbocycles. The van der Waals surface area contributed by atoms with Crippen LogP contribution in [0.2, 0.25) is 0 Å². The highest BCUT2D eigenvalue weighted by Crippen LogP contribution is 2.07. The second kappa shape index (κ2) is 6.52. The molecule has 0 bridgehead atoms. The van der Waals surface area contributed by atoms with Gasteiger partial charge in [0, 0.05) is 5.56 Å². The van der Waals surface area contributed by atoms with E-state index in [0.29, 0.717) is 10.2 Å². The van der Waals surface area contributed by atoms with Crippen molar-refractivity contribution >= 4 is 5.91 Å². The summed E-state index contributed by atoms with van der Waals surface area (Å²) < 4.78 is 0.584. The van der Waals surface area contributed by atoms with Gasteiger partial charge in [0.1, 0.15) is 0 Å². The van der Waals surface area contributed by atoms with E-state index in [1.807, 2.05) is 0 Å². The number of carbonyl (C=O) groups is 1. The average molecular weight is 251 g/mol. The van der Waals surface area contributed by atoms with Gasteiger partial charge in [0.05, 0.1) is 26.2 Å². The molecule has 0 atom stereocenters. The Morgan fingerprint density at radius 3 is 2.00 bits per heavy atom. The Kier molecular flexibility index (Phi) is 5.31. The van der Waals surface area contributed by atoms with Gasteiger partial charge in [-0.25, -0.2) is 4.59 Å². The fourth-order valence-corrected chi connectivity index (χ4v) is 1.95. The molecule has 1 aromatic rings. The van der Waals surface area contributed by atoms with E-state index >= 15 is 0 Å². The van der Waals surface area contributed by atoms with Crippen LogP contribution >= 0.6 is 0 Å². The topological polar surface area (TPSA) is 49.3 Å². The number of quaternary nitrogens is 1. The first-order valence-corrected chi connectivity index (χ1v) is 6.49. The third-order valence-electron chi connectivity index (χ3n) is 3.55. The number of nitrogens with zero attached hydrogens (tertiary/aromatic N) is 1. The number of aliphatic hydroxyl groups is 1.